The number of benzene rings is 1. The SMILES string of the molecule is C[C@@]12CC(O)[C@@H](O1)c1c2c(O)n(-c2ccc(C#N)c(C(F)(F)F)c2)c1O. The second-order valence-corrected chi connectivity index (χ2v) is 6.65. The molecule has 2 aliphatic rings. The van der Waals surface area contributed by atoms with Gasteiger partial charge in [0, 0.05) is 6.42 Å². The Hall–Kier alpha value is -2.70. The van der Waals surface area contributed by atoms with Gasteiger partial charge in [-0.15, -0.1) is 0 Å². The zero-order valence-electron chi connectivity index (χ0n) is 13.4. The summed E-state index contributed by atoms with van der Waals surface area (Å²) in [6.45, 7) is 1.63. The third-order valence-electron chi connectivity index (χ3n) is 4.99. The third-order valence-corrected chi connectivity index (χ3v) is 4.99. The van der Waals surface area contributed by atoms with Crippen molar-refractivity contribution in [3.8, 4) is 23.5 Å². The van der Waals surface area contributed by atoms with Gasteiger partial charge >= 0.3 is 6.18 Å². The van der Waals surface area contributed by atoms with Crippen LogP contribution in [0.3, 0.4) is 0 Å². The molecule has 1 unspecified atom stereocenters. The summed E-state index contributed by atoms with van der Waals surface area (Å²) in [6.07, 6.45) is -6.32. The maximum absolute atomic E-state index is 13.2. The van der Waals surface area contributed by atoms with Crippen molar-refractivity contribution < 1.29 is 33.2 Å². The minimum Gasteiger partial charge on any atom is -0.494 e. The molecule has 4 rings (SSSR count). The molecule has 2 bridgehead atoms. The van der Waals surface area contributed by atoms with Crippen molar-refractivity contribution in [1.82, 2.24) is 4.57 Å². The summed E-state index contributed by atoms with van der Waals surface area (Å²) in [4.78, 5) is 0. The second-order valence-electron chi connectivity index (χ2n) is 6.65. The Labute approximate surface area is 145 Å². The predicted octanol–water partition coefficient (Wildman–Crippen LogP) is 2.83. The number of aromatic hydroxyl groups is 2. The molecule has 3 N–H and O–H groups in total. The lowest BCUT2D eigenvalue weighted by Crippen LogP contribution is -2.22. The van der Waals surface area contributed by atoms with E-state index < -0.39 is 46.9 Å². The highest BCUT2D eigenvalue weighted by Crippen LogP contribution is 2.61. The number of halogens is 3. The van der Waals surface area contributed by atoms with Gasteiger partial charge in [0.05, 0.1) is 45.7 Å². The lowest BCUT2D eigenvalue weighted by molar-refractivity contribution is -0.137. The summed E-state index contributed by atoms with van der Waals surface area (Å²) < 4.78 is 46.1. The minimum absolute atomic E-state index is 0.154. The molecule has 9 heteroatoms. The Balaban J connectivity index is 1.94. The molecule has 0 aliphatic carbocycles. The van der Waals surface area contributed by atoms with Gasteiger partial charge in [-0.2, -0.15) is 18.4 Å². The molecule has 1 saturated heterocycles. The van der Waals surface area contributed by atoms with Crippen molar-refractivity contribution >= 4 is 0 Å². The molecule has 0 radical (unpaired) electrons. The number of rotatable bonds is 1. The average molecular weight is 366 g/mol. The van der Waals surface area contributed by atoms with Crippen LogP contribution >= 0.6 is 0 Å². The van der Waals surface area contributed by atoms with Crippen molar-refractivity contribution in [2.75, 3.05) is 0 Å². The fourth-order valence-corrected chi connectivity index (χ4v) is 3.93. The van der Waals surface area contributed by atoms with Gasteiger partial charge in [-0.25, -0.2) is 0 Å². The van der Waals surface area contributed by atoms with Gasteiger partial charge in [0.1, 0.15) is 6.10 Å². The molecule has 3 atom stereocenters. The first kappa shape index (κ1) is 16.8. The van der Waals surface area contributed by atoms with Crippen molar-refractivity contribution in [3.63, 3.8) is 0 Å². The number of aliphatic hydroxyl groups excluding tert-OH is 1. The molecular weight excluding hydrogens is 353 g/mol. The summed E-state index contributed by atoms with van der Waals surface area (Å²) in [6, 6.07) is 4.34. The quantitative estimate of drug-likeness (QED) is 0.721. The van der Waals surface area contributed by atoms with E-state index in [0.717, 1.165) is 10.6 Å². The fraction of sp³-hybridized carbons (Fsp3) is 0.353. The Kier molecular flexibility index (Phi) is 3.18. The number of aromatic nitrogens is 1. The first-order valence-electron chi connectivity index (χ1n) is 7.73. The summed E-state index contributed by atoms with van der Waals surface area (Å²) in [5.74, 6) is -0.949. The Morgan fingerprint density at radius 3 is 2.62 bits per heavy atom. The van der Waals surface area contributed by atoms with E-state index in [1.807, 2.05) is 0 Å². The summed E-state index contributed by atoms with van der Waals surface area (Å²) >= 11 is 0. The molecule has 3 heterocycles. The topological polar surface area (TPSA) is 98.6 Å². The average Bonchev–Trinajstić information content (AvgIpc) is 3.12. The molecule has 2 aliphatic heterocycles. The van der Waals surface area contributed by atoms with Crippen LogP contribution in [0.5, 0.6) is 11.8 Å². The smallest absolute Gasteiger partial charge is 0.417 e. The van der Waals surface area contributed by atoms with E-state index >= 15 is 0 Å². The Morgan fingerprint density at radius 1 is 1.31 bits per heavy atom. The van der Waals surface area contributed by atoms with Gasteiger partial charge in [0.15, 0.2) is 0 Å². The molecule has 1 aromatic carbocycles. The first-order valence-corrected chi connectivity index (χ1v) is 7.73. The number of nitrogens with zero attached hydrogens (tertiary/aromatic N) is 2. The van der Waals surface area contributed by atoms with Crippen molar-refractivity contribution in [2.45, 2.75) is 37.3 Å². The summed E-state index contributed by atoms with van der Waals surface area (Å²) in [5.41, 5.74) is -2.50. The highest BCUT2D eigenvalue weighted by molar-refractivity contribution is 5.60. The first-order chi connectivity index (χ1) is 12.1. The summed E-state index contributed by atoms with van der Waals surface area (Å²) in [5, 5.41) is 40.0. The van der Waals surface area contributed by atoms with E-state index in [1.165, 1.54) is 12.1 Å². The van der Waals surface area contributed by atoms with Crippen molar-refractivity contribution in [2.24, 2.45) is 0 Å². The van der Waals surface area contributed by atoms with E-state index in [9.17, 15) is 28.5 Å². The largest absolute Gasteiger partial charge is 0.494 e. The van der Waals surface area contributed by atoms with Crippen LogP contribution in [0, 0.1) is 11.3 Å². The number of hydrogen-bond donors (Lipinski definition) is 3. The summed E-state index contributed by atoms with van der Waals surface area (Å²) in [7, 11) is 0. The molecule has 0 saturated carbocycles. The molecule has 0 amide bonds. The molecule has 136 valence electrons. The standard InChI is InChI=1S/C17H13F3N2O4/c1-16-5-10(23)13(26-16)11-12(16)15(25)22(14(11)24)8-3-2-7(6-21)9(4-8)17(18,19)20/h2-4,10,13,23-25H,5H2,1H3/t10?,13-,16+/m1/s1. The molecule has 1 fully saturated rings. The van der Waals surface area contributed by atoms with Gasteiger partial charge in [-0.3, -0.25) is 4.57 Å². The molecular formula is C17H13F3N2O4. The van der Waals surface area contributed by atoms with Gasteiger partial charge < -0.3 is 20.1 Å². The maximum Gasteiger partial charge on any atom is 0.417 e. The van der Waals surface area contributed by atoms with Crippen LogP contribution in [0.4, 0.5) is 13.2 Å². The van der Waals surface area contributed by atoms with Gasteiger partial charge in [-0.1, -0.05) is 0 Å². The Morgan fingerprint density at radius 2 is 2.00 bits per heavy atom. The van der Waals surface area contributed by atoms with Crippen LogP contribution in [-0.4, -0.2) is 26.0 Å². The molecule has 6 nitrogen and oxygen atoms in total. The zero-order valence-corrected chi connectivity index (χ0v) is 13.4. The number of aliphatic hydroxyl groups is 1. The van der Waals surface area contributed by atoms with Crippen molar-refractivity contribution in [1.29, 1.82) is 5.26 Å². The van der Waals surface area contributed by atoms with Gasteiger partial charge in [0.2, 0.25) is 11.8 Å². The third kappa shape index (κ3) is 2.00. The minimum atomic E-state index is -4.77. The van der Waals surface area contributed by atoms with E-state index in [-0.39, 0.29) is 23.2 Å². The second kappa shape index (κ2) is 4.93. The highest BCUT2D eigenvalue weighted by Gasteiger charge is 2.57. The van der Waals surface area contributed by atoms with Crippen LogP contribution in [0.25, 0.3) is 5.69 Å². The lowest BCUT2D eigenvalue weighted by Gasteiger charge is -2.21. The van der Waals surface area contributed by atoms with E-state index in [4.69, 9.17) is 10.00 Å². The highest BCUT2D eigenvalue weighted by atomic mass is 19.4. The number of alkyl halides is 3. The molecule has 0 spiro atoms. The normalized spacial score (nSPS) is 26.8. The lowest BCUT2D eigenvalue weighted by atomic mass is 9.84. The van der Waals surface area contributed by atoms with E-state index in [0.29, 0.717) is 6.07 Å². The Bertz CT molecular complexity index is 976. The number of fused-ring (bicyclic) bond motifs is 5. The molecule has 2 aromatic rings. The van der Waals surface area contributed by atoms with Crippen LogP contribution in [0.2, 0.25) is 0 Å². The van der Waals surface area contributed by atoms with E-state index in [1.54, 1.807) is 6.92 Å². The zero-order chi connectivity index (χ0) is 19.0. The van der Waals surface area contributed by atoms with Crippen LogP contribution in [0.1, 0.15) is 41.7 Å². The van der Waals surface area contributed by atoms with E-state index in [2.05, 4.69) is 0 Å². The van der Waals surface area contributed by atoms with Crippen LogP contribution in [0.15, 0.2) is 18.2 Å². The maximum atomic E-state index is 13.2. The number of nitriles is 1. The number of ether oxygens (including phenoxy) is 1. The van der Waals surface area contributed by atoms with Gasteiger partial charge in [-0.05, 0) is 25.1 Å². The van der Waals surface area contributed by atoms with Crippen molar-refractivity contribution in [3.05, 3.63) is 40.5 Å². The van der Waals surface area contributed by atoms with Crippen LogP contribution in [-0.2, 0) is 16.5 Å². The number of hydrogen-bond acceptors (Lipinski definition) is 5. The molecule has 26 heavy (non-hydrogen) atoms. The predicted molar refractivity (Wildman–Crippen MR) is 80.6 cm³/mol. The molecule has 1 aromatic heterocycles. The van der Waals surface area contributed by atoms with Gasteiger partial charge in [0.25, 0.3) is 0 Å². The van der Waals surface area contributed by atoms with Crippen LogP contribution < -0.4 is 0 Å². The fourth-order valence-electron chi connectivity index (χ4n) is 3.93. The monoisotopic (exact) mass is 366 g/mol.